The number of imidazole rings is 1. The summed E-state index contributed by atoms with van der Waals surface area (Å²) in [6.45, 7) is 0.664. The van der Waals surface area contributed by atoms with Gasteiger partial charge in [-0.1, -0.05) is 18.2 Å². The fraction of sp³-hybridized carbons (Fsp3) is 0.200. The highest BCUT2D eigenvalue weighted by Crippen LogP contribution is 2.24. The molecular weight excluding hydrogens is 252 g/mol. The van der Waals surface area contributed by atoms with Gasteiger partial charge in [-0.2, -0.15) is 0 Å². The third-order valence-corrected chi connectivity index (χ3v) is 3.25. The van der Waals surface area contributed by atoms with Gasteiger partial charge in [0.25, 0.3) is 0 Å². The molecule has 102 valence electrons. The topological polar surface area (TPSA) is 66.0 Å². The third-order valence-electron chi connectivity index (χ3n) is 3.25. The number of nitrogens with zero attached hydrogens (tertiary/aromatic N) is 3. The van der Waals surface area contributed by atoms with Crippen LogP contribution in [-0.4, -0.2) is 28.3 Å². The molecule has 3 rings (SSSR count). The molecule has 0 bridgehead atoms. The van der Waals surface area contributed by atoms with Crippen LogP contribution in [0.4, 0.5) is 5.95 Å². The highest BCUT2D eigenvalue weighted by atomic mass is 16.5. The molecule has 0 atom stereocenters. The number of aromatic nitrogens is 3. The average Bonchev–Trinajstić information content (AvgIpc) is 2.81. The van der Waals surface area contributed by atoms with E-state index in [9.17, 15) is 0 Å². The van der Waals surface area contributed by atoms with Crippen molar-refractivity contribution in [3.8, 4) is 5.69 Å². The van der Waals surface area contributed by atoms with Crippen LogP contribution in [-0.2, 0) is 11.2 Å². The molecular formula is C15H16N4O. The second kappa shape index (κ2) is 5.30. The summed E-state index contributed by atoms with van der Waals surface area (Å²) in [6.07, 6.45) is 2.57. The summed E-state index contributed by atoms with van der Waals surface area (Å²) in [4.78, 5) is 8.75. The zero-order chi connectivity index (χ0) is 13.9. The van der Waals surface area contributed by atoms with Crippen molar-refractivity contribution in [2.24, 2.45) is 0 Å². The Balaban J connectivity index is 2.18. The van der Waals surface area contributed by atoms with Crippen LogP contribution in [0.25, 0.3) is 16.9 Å². The van der Waals surface area contributed by atoms with Gasteiger partial charge in [0.05, 0.1) is 12.3 Å². The number of hydrogen-bond acceptors (Lipinski definition) is 4. The summed E-state index contributed by atoms with van der Waals surface area (Å²) in [5.41, 5.74) is 9.80. The van der Waals surface area contributed by atoms with Crippen LogP contribution in [0.2, 0.25) is 0 Å². The van der Waals surface area contributed by atoms with Crippen LogP contribution in [0.5, 0.6) is 0 Å². The highest BCUT2D eigenvalue weighted by molar-refractivity contribution is 5.77. The third kappa shape index (κ3) is 2.12. The molecule has 0 radical (unpaired) electrons. The van der Waals surface area contributed by atoms with Gasteiger partial charge in [0.2, 0.25) is 5.95 Å². The lowest BCUT2D eigenvalue weighted by atomic mass is 10.1. The summed E-state index contributed by atoms with van der Waals surface area (Å²) in [6, 6.07) is 11.9. The van der Waals surface area contributed by atoms with E-state index in [0.29, 0.717) is 12.6 Å². The molecule has 20 heavy (non-hydrogen) atoms. The SMILES string of the molecule is COCCc1ccccc1-n1c(N)nc2cccnc21. The second-order valence-corrected chi connectivity index (χ2v) is 4.52. The maximum atomic E-state index is 6.06. The molecule has 0 amide bonds. The van der Waals surface area contributed by atoms with Gasteiger partial charge in [-0.3, -0.25) is 4.57 Å². The zero-order valence-corrected chi connectivity index (χ0v) is 11.3. The van der Waals surface area contributed by atoms with E-state index < -0.39 is 0 Å². The van der Waals surface area contributed by atoms with Crippen molar-refractivity contribution in [2.75, 3.05) is 19.5 Å². The first-order chi connectivity index (χ1) is 9.81. The number of nitrogen functional groups attached to an aromatic ring is 1. The molecule has 0 spiro atoms. The van der Waals surface area contributed by atoms with Crippen LogP contribution in [0.15, 0.2) is 42.6 Å². The van der Waals surface area contributed by atoms with E-state index in [4.69, 9.17) is 10.5 Å². The Morgan fingerprint density at radius 3 is 2.90 bits per heavy atom. The minimum absolute atomic E-state index is 0.448. The molecule has 0 unspecified atom stereocenters. The number of nitrogens with two attached hydrogens (primary N) is 1. The van der Waals surface area contributed by atoms with Gasteiger partial charge >= 0.3 is 0 Å². The van der Waals surface area contributed by atoms with Gasteiger partial charge in [0.15, 0.2) is 5.65 Å². The number of hydrogen-bond donors (Lipinski definition) is 1. The van der Waals surface area contributed by atoms with Crippen LogP contribution < -0.4 is 5.73 Å². The normalized spacial score (nSPS) is 11.1. The molecule has 0 aliphatic heterocycles. The van der Waals surface area contributed by atoms with Crippen LogP contribution in [0.3, 0.4) is 0 Å². The van der Waals surface area contributed by atoms with E-state index >= 15 is 0 Å². The number of benzene rings is 1. The van der Waals surface area contributed by atoms with E-state index in [0.717, 1.165) is 28.8 Å². The zero-order valence-electron chi connectivity index (χ0n) is 11.3. The van der Waals surface area contributed by atoms with Gasteiger partial charge in [-0.05, 0) is 30.2 Å². The lowest BCUT2D eigenvalue weighted by molar-refractivity contribution is 0.202. The minimum Gasteiger partial charge on any atom is -0.384 e. The smallest absolute Gasteiger partial charge is 0.207 e. The molecule has 5 heteroatoms. The summed E-state index contributed by atoms with van der Waals surface area (Å²) < 4.78 is 7.05. The van der Waals surface area contributed by atoms with Crippen molar-refractivity contribution in [3.05, 3.63) is 48.2 Å². The fourth-order valence-electron chi connectivity index (χ4n) is 2.32. The largest absolute Gasteiger partial charge is 0.384 e. The highest BCUT2D eigenvalue weighted by Gasteiger charge is 2.13. The van der Waals surface area contributed by atoms with Crippen molar-refractivity contribution >= 4 is 17.1 Å². The first-order valence-corrected chi connectivity index (χ1v) is 6.47. The number of rotatable bonds is 4. The van der Waals surface area contributed by atoms with Gasteiger partial charge in [0.1, 0.15) is 5.52 Å². The number of anilines is 1. The van der Waals surface area contributed by atoms with Crippen LogP contribution in [0, 0.1) is 0 Å². The first-order valence-electron chi connectivity index (χ1n) is 6.47. The predicted molar refractivity (Wildman–Crippen MR) is 78.9 cm³/mol. The van der Waals surface area contributed by atoms with Crippen molar-refractivity contribution < 1.29 is 4.74 Å². The number of pyridine rings is 1. The van der Waals surface area contributed by atoms with Crippen LogP contribution >= 0.6 is 0 Å². The van der Waals surface area contributed by atoms with Gasteiger partial charge in [-0.25, -0.2) is 9.97 Å². The van der Waals surface area contributed by atoms with Crippen LogP contribution in [0.1, 0.15) is 5.56 Å². The Bertz CT molecular complexity index is 736. The van der Waals surface area contributed by atoms with E-state index in [1.165, 1.54) is 0 Å². The maximum Gasteiger partial charge on any atom is 0.207 e. The lowest BCUT2D eigenvalue weighted by Crippen LogP contribution is -2.06. The number of ether oxygens (including phenoxy) is 1. The van der Waals surface area contributed by atoms with Crippen molar-refractivity contribution in [1.29, 1.82) is 0 Å². The number of methoxy groups -OCH3 is 1. The van der Waals surface area contributed by atoms with Crippen molar-refractivity contribution in [1.82, 2.24) is 14.5 Å². The molecule has 0 saturated heterocycles. The predicted octanol–water partition coefficient (Wildman–Crippen LogP) is 2.19. The summed E-state index contributed by atoms with van der Waals surface area (Å²) in [5.74, 6) is 0.448. The Kier molecular flexibility index (Phi) is 3.35. The first kappa shape index (κ1) is 12.6. The quantitative estimate of drug-likeness (QED) is 0.787. The molecule has 3 aromatic rings. The van der Waals surface area contributed by atoms with Gasteiger partial charge < -0.3 is 10.5 Å². The van der Waals surface area contributed by atoms with Gasteiger partial charge in [-0.15, -0.1) is 0 Å². The maximum absolute atomic E-state index is 6.06. The molecule has 5 nitrogen and oxygen atoms in total. The Hall–Kier alpha value is -2.40. The summed E-state index contributed by atoms with van der Waals surface area (Å²) in [5, 5.41) is 0. The summed E-state index contributed by atoms with van der Waals surface area (Å²) in [7, 11) is 1.70. The molecule has 0 saturated carbocycles. The average molecular weight is 268 g/mol. The molecule has 0 aliphatic rings. The molecule has 2 heterocycles. The van der Waals surface area contributed by atoms with E-state index in [1.807, 2.05) is 34.9 Å². The van der Waals surface area contributed by atoms with E-state index in [2.05, 4.69) is 16.0 Å². The van der Waals surface area contributed by atoms with Gasteiger partial charge in [0, 0.05) is 13.3 Å². The van der Waals surface area contributed by atoms with E-state index in [1.54, 1.807) is 13.3 Å². The molecule has 0 fully saturated rings. The van der Waals surface area contributed by atoms with Crippen molar-refractivity contribution in [2.45, 2.75) is 6.42 Å². The molecule has 1 aromatic carbocycles. The number of para-hydroxylation sites is 1. The minimum atomic E-state index is 0.448. The Morgan fingerprint density at radius 2 is 2.05 bits per heavy atom. The molecule has 0 aliphatic carbocycles. The monoisotopic (exact) mass is 268 g/mol. The second-order valence-electron chi connectivity index (χ2n) is 4.52. The fourth-order valence-corrected chi connectivity index (χ4v) is 2.32. The Morgan fingerprint density at radius 1 is 1.20 bits per heavy atom. The molecule has 2 aromatic heterocycles. The lowest BCUT2D eigenvalue weighted by Gasteiger charge is -2.11. The standard InChI is InChI=1S/C15H16N4O/c1-20-10-8-11-5-2-3-7-13(11)19-14-12(18-15(19)16)6-4-9-17-14/h2-7,9H,8,10H2,1H3,(H2,16,18). The molecule has 2 N–H and O–H groups in total. The summed E-state index contributed by atoms with van der Waals surface area (Å²) >= 11 is 0. The number of fused-ring (bicyclic) bond motifs is 1. The Labute approximate surface area is 117 Å². The van der Waals surface area contributed by atoms with E-state index in [-0.39, 0.29) is 0 Å². The van der Waals surface area contributed by atoms with Crippen molar-refractivity contribution in [3.63, 3.8) is 0 Å².